The predicted molar refractivity (Wildman–Crippen MR) is 116 cm³/mol. The highest BCUT2D eigenvalue weighted by molar-refractivity contribution is 7.98. The van der Waals surface area contributed by atoms with Crippen LogP contribution < -0.4 is 4.90 Å². The summed E-state index contributed by atoms with van der Waals surface area (Å²) in [5, 5.41) is 10.4. The molecule has 0 aliphatic carbocycles. The molecule has 2 aromatic carbocycles. The minimum Gasteiger partial charge on any atom is -0.481 e. The molecular formula is C19H16Cl2N2O3S2. The van der Waals surface area contributed by atoms with Gasteiger partial charge >= 0.3 is 5.97 Å². The van der Waals surface area contributed by atoms with Crippen LogP contribution >= 0.6 is 46.3 Å². The molecule has 0 radical (unpaired) electrons. The first-order valence-electron chi connectivity index (χ1n) is 8.28. The second kappa shape index (κ2) is 9.13. The second-order valence-corrected chi connectivity index (χ2v) is 8.67. The van der Waals surface area contributed by atoms with Crippen molar-refractivity contribution < 1.29 is 14.7 Å². The molecule has 0 aliphatic rings. The normalized spacial score (nSPS) is 11.0. The van der Waals surface area contributed by atoms with E-state index in [-0.39, 0.29) is 25.3 Å². The minimum absolute atomic E-state index is 0.0870. The Balaban J connectivity index is 1.95. The monoisotopic (exact) mass is 454 g/mol. The molecule has 3 rings (SSSR count). The van der Waals surface area contributed by atoms with Gasteiger partial charge in [-0.25, -0.2) is 4.98 Å². The van der Waals surface area contributed by atoms with Gasteiger partial charge in [-0.1, -0.05) is 29.3 Å². The third-order valence-electron chi connectivity index (χ3n) is 4.01. The number of rotatable bonds is 7. The number of carboxylic acid groups (broad SMARTS) is 1. The highest BCUT2D eigenvalue weighted by atomic mass is 35.5. The first kappa shape index (κ1) is 20.9. The van der Waals surface area contributed by atoms with Crippen molar-refractivity contribution >= 4 is 74.1 Å². The summed E-state index contributed by atoms with van der Waals surface area (Å²) in [6, 6.07) is 11.1. The van der Waals surface area contributed by atoms with E-state index >= 15 is 0 Å². The fourth-order valence-corrected chi connectivity index (χ4v) is 4.47. The minimum atomic E-state index is -1.01. The maximum atomic E-state index is 12.8. The quantitative estimate of drug-likeness (QED) is 0.461. The second-order valence-electron chi connectivity index (χ2n) is 5.89. The van der Waals surface area contributed by atoms with Crippen LogP contribution in [0, 0.1) is 0 Å². The fourth-order valence-electron chi connectivity index (χ4n) is 2.64. The van der Waals surface area contributed by atoms with E-state index in [0.29, 0.717) is 26.3 Å². The molecule has 0 spiro atoms. The first-order valence-corrected chi connectivity index (χ1v) is 11.1. The number of anilines is 1. The average Bonchev–Trinajstić information content (AvgIpc) is 3.10. The number of carbonyl (C=O) groups excluding carboxylic acids is 1. The molecule has 3 aromatic rings. The lowest BCUT2D eigenvalue weighted by Crippen LogP contribution is -2.30. The Morgan fingerprint density at radius 3 is 2.71 bits per heavy atom. The van der Waals surface area contributed by atoms with Gasteiger partial charge in [-0.2, -0.15) is 0 Å². The van der Waals surface area contributed by atoms with Gasteiger partial charge in [0.15, 0.2) is 0 Å². The van der Waals surface area contributed by atoms with Crippen molar-refractivity contribution in [1.29, 1.82) is 0 Å². The van der Waals surface area contributed by atoms with Crippen LogP contribution in [0.3, 0.4) is 0 Å². The van der Waals surface area contributed by atoms with Crippen LogP contribution in [0.5, 0.6) is 0 Å². The van der Waals surface area contributed by atoms with Gasteiger partial charge in [0.25, 0.3) is 0 Å². The molecule has 1 aromatic heterocycles. The van der Waals surface area contributed by atoms with Crippen LogP contribution in [0.1, 0.15) is 17.8 Å². The molecule has 5 nitrogen and oxygen atoms in total. The number of aromatic nitrogens is 1. The van der Waals surface area contributed by atoms with E-state index in [4.69, 9.17) is 28.3 Å². The Labute approximate surface area is 180 Å². The number of benzene rings is 2. The van der Waals surface area contributed by atoms with Crippen molar-refractivity contribution in [3.8, 4) is 0 Å². The van der Waals surface area contributed by atoms with Crippen LogP contribution in [0.2, 0.25) is 10.0 Å². The molecule has 0 unspecified atom stereocenters. The largest absolute Gasteiger partial charge is 0.481 e. The molecule has 0 saturated heterocycles. The maximum absolute atomic E-state index is 12.8. The Hall–Kier alpha value is -1.80. The molecule has 0 saturated carbocycles. The summed E-state index contributed by atoms with van der Waals surface area (Å²) in [6.07, 6.45) is 1.64. The fraction of sp³-hybridized carbons (Fsp3) is 0.211. The van der Waals surface area contributed by atoms with Gasteiger partial charge in [0.05, 0.1) is 27.7 Å². The number of thioether (sulfide) groups is 1. The van der Waals surface area contributed by atoms with Gasteiger partial charge in [-0.05, 0) is 36.6 Å². The van der Waals surface area contributed by atoms with Gasteiger partial charge in [0.2, 0.25) is 5.91 Å². The highest BCUT2D eigenvalue weighted by Gasteiger charge is 2.20. The summed E-state index contributed by atoms with van der Waals surface area (Å²) in [4.78, 5) is 30.8. The number of carboxylic acids is 1. The topological polar surface area (TPSA) is 70.5 Å². The van der Waals surface area contributed by atoms with Crippen LogP contribution in [0.4, 0.5) is 5.69 Å². The average molecular weight is 455 g/mol. The van der Waals surface area contributed by atoms with Crippen molar-refractivity contribution in [2.45, 2.75) is 24.3 Å². The third kappa shape index (κ3) is 4.78. The molecule has 0 atom stereocenters. The number of thiazole rings is 1. The SMILES string of the molecule is CSc1cccc(N(Cc2nc3c(Cl)c(Cl)ccc3s2)C(=O)CCC(=O)O)c1. The molecular weight excluding hydrogens is 439 g/mol. The van der Waals surface area contributed by atoms with E-state index in [0.717, 1.165) is 9.60 Å². The molecule has 0 fully saturated rings. The lowest BCUT2D eigenvalue weighted by molar-refractivity contribution is -0.138. The van der Waals surface area contributed by atoms with Crippen molar-refractivity contribution in [2.24, 2.45) is 0 Å². The zero-order valence-corrected chi connectivity index (χ0v) is 18.0. The summed E-state index contributed by atoms with van der Waals surface area (Å²) in [7, 11) is 0. The molecule has 1 heterocycles. The van der Waals surface area contributed by atoms with E-state index in [9.17, 15) is 9.59 Å². The lowest BCUT2D eigenvalue weighted by Gasteiger charge is -2.22. The van der Waals surface area contributed by atoms with Crippen molar-refractivity contribution in [2.75, 3.05) is 11.2 Å². The number of hydrogen-bond donors (Lipinski definition) is 1. The van der Waals surface area contributed by atoms with Crippen LogP contribution in [-0.2, 0) is 16.1 Å². The van der Waals surface area contributed by atoms with Gasteiger partial charge in [-0.3, -0.25) is 9.59 Å². The standard InChI is InChI=1S/C19H16Cl2N2O3S2/c1-27-12-4-2-3-11(9-12)23(16(24)7-8-17(25)26)10-15-22-19-14(28-15)6-5-13(20)18(19)21/h2-6,9H,7-8,10H2,1H3,(H,25,26). The van der Waals surface area contributed by atoms with E-state index in [1.54, 1.807) is 22.7 Å². The molecule has 1 amide bonds. The van der Waals surface area contributed by atoms with E-state index in [1.165, 1.54) is 11.3 Å². The van der Waals surface area contributed by atoms with E-state index < -0.39 is 5.97 Å². The van der Waals surface area contributed by atoms with Gasteiger partial charge < -0.3 is 10.0 Å². The Morgan fingerprint density at radius 2 is 2.00 bits per heavy atom. The summed E-state index contributed by atoms with van der Waals surface area (Å²) in [5.74, 6) is -1.28. The van der Waals surface area contributed by atoms with Crippen LogP contribution in [0.15, 0.2) is 41.3 Å². The third-order valence-corrected chi connectivity index (χ3v) is 6.53. The number of hydrogen-bond acceptors (Lipinski definition) is 5. The van der Waals surface area contributed by atoms with Crippen LogP contribution in [-0.4, -0.2) is 28.2 Å². The van der Waals surface area contributed by atoms with Gasteiger partial charge in [0, 0.05) is 17.0 Å². The summed E-state index contributed by atoms with van der Waals surface area (Å²) < 4.78 is 0.875. The number of amides is 1. The summed E-state index contributed by atoms with van der Waals surface area (Å²) in [6.45, 7) is 0.226. The zero-order chi connectivity index (χ0) is 20.3. The van der Waals surface area contributed by atoms with Crippen molar-refractivity contribution in [1.82, 2.24) is 4.98 Å². The number of halogens is 2. The lowest BCUT2D eigenvalue weighted by atomic mass is 10.2. The molecule has 146 valence electrons. The van der Waals surface area contributed by atoms with Crippen LogP contribution in [0.25, 0.3) is 10.2 Å². The zero-order valence-electron chi connectivity index (χ0n) is 14.8. The number of aliphatic carboxylic acids is 1. The first-order chi connectivity index (χ1) is 13.4. The van der Waals surface area contributed by atoms with E-state index in [2.05, 4.69) is 4.98 Å². The van der Waals surface area contributed by atoms with Crippen molar-refractivity contribution in [3.05, 3.63) is 51.5 Å². The smallest absolute Gasteiger partial charge is 0.303 e. The number of nitrogens with zero attached hydrogens (tertiary/aromatic N) is 2. The highest BCUT2D eigenvalue weighted by Crippen LogP contribution is 2.34. The Morgan fingerprint density at radius 1 is 1.21 bits per heavy atom. The number of carbonyl (C=O) groups is 2. The van der Waals surface area contributed by atoms with Gasteiger partial charge in [0.1, 0.15) is 10.5 Å². The Bertz CT molecular complexity index is 1040. The predicted octanol–water partition coefficient (Wildman–Crippen LogP) is 5.72. The summed E-state index contributed by atoms with van der Waals surface area (Å²) in [5.41, 5.74) is 1.30. The summed E-state index contributed by atoms with van der Waals surface area (Å²) >= 11 is 15.3. The van der Waals surface area contributed by atoms with Gasteiger partial charge in [-0.15, -0.1) is 23.1 Å². The molecule has 28 heavy (non-hydrogen) atoms. The maximum Gasteiger partial charge on any atom is 0.303 e. The molecule has 0 aliphatic heterocycles. The van der Waals surface area contributed by atoms with Crippen molar-refractivity contribution in [3.63, 3.8) is 0 Å². The number of fused-ring (bicyclic) bond motifs is 1. The molecule has 1 N–H and O–H groups in total. The Kier molecular flexibility index (Phi) is 6.82. The molecule has 9 heteroatoms. The molecule has 0 bridgehead atoms. The van der Waals surface area contributed by atoms with E-state index in [1.807, 2.05) is 36.6 Å².